The summed E-state index contributed by atoms with van der Waals surface area (Å²) in [7, 11) is 0. The Morgan fingerprint density at radius 2 is 1.44 bits per heavy atom. The van der Waals surface area contributed by atoms with Crippen molar-refractivity contribution in [2.45, 2.75) is 0 Å². The van der Waals surface area contributed by atoms with Gasteiger partial charge in [-0.1, -0.05) is 23.7 Å². The standard InChI is InChI=1S/C21H14ClFO4/c22-18-3-1-2-4-19(18)26-13-20(24)27-17-11-7-15(8-12-17)21(25)14-5-9-16(23)10-6-14/h1-12H,13H2. The highest BCUT2D eigenvalue weighted by atomic mass is 35.5. The summed E-state index contributed by atoms with van der Waals surface area (Å²) in [5.74, 6) is -0.606. The summed E-state index contributed by atoms with van der Waals surface area (Å²) in [5, 5.41) is 0.397. The molecule has 0 fully saturated rings. The summed E-state index contributed by atoms with van der Waals surface area (Å²) < 4.78 is 23.4. The van der Waals surface area contributed by atoms with Gasteiger partial charge in [-0.2, -0.15) is 0 Å². The molecule has 0 atom stereocenters. The minimum atomic E-state index is -0.604. The average molecular weight is 385 g/mol. The van der Waals surface area contributed by atoms with Crippen LogP contribution in [0.4, 0.5) is 4.39 Å². The highest BCUT2D eigenvalue weighted by molar-refractivity contribution is 6.32. The summed E-state index contributed by atoms with van der Waals surface area (Å²) in [5.41, 5.74) is 0.767. The first-order valence-corrected chi connectivity index (χ1v) is 8.39. The van der Waals surface area contributed by atoms with Crippen LogP contribution in [-0.4, -0.2) is 18.4 Å². The second-order valence-electron chi connectivity index (χ2n) is 5.55. The molecule has 136 valence electrons. The number of hydrogen-bond donors (Lipinski definition) is 0. The van der Waals surface area contributed by atoms with Crippen LogP contribution in [0.15, 0.2) is 72.8 Å². The maximum atomic E-state index is 12.9. The lowest BCUT2D eigenvalue weighted by Crippen LogP contribution is -2.17. The van der Waals surface area contributed by atoms with Crippen LogP contribution >= 0.6 is 11.6 Å². The van der Waals surface area contributed by atoms with Crippen molar-refractivity contribution in [2.75, 3.05) is 6.61 Å². The molecule has 4 nitrogen and oxygen atoms in total. The fraction of sp³-hybridized carbons (Fsp3) is 0.0476. The van der Waals surface area contributed by atoms with Crippen LogP contribution in [-0.2, 0) is 4.79 Å². The van der Waals surface area contributed by atoms with Crippen molar-refractivity contribution in [1.29, 1.82) is 0 Å². The van der Waals surface area contributed by atoms with Crippen molar-refractivity contribution in [1.82, 2.24) is 0 Å². The van der Waals surface area contributed by atoms with Gasteiger partial charge in [0, 0.05) is 11.1 Å². The molecule has 0 aliphatic heterocycles. The highest BCUT2D eigenvalue weighted by Gasteiger charge is 2.11. The first kappa shape index (κ1) is 18.6. The van der Waals surface area contributed by atoms with E-state index in [0.717, 1.165) is 0 Å². The van der Waals surface area contributed by atoms with Crippen LogP contribution in [0.25, 0.3) is 0 Å². The van der Waals surface area contributed by atoms with Gasteiger partial charge >= 0.3 is 5.97 Å². The van der Waals surface area contributed by atoms with Gasteiger partial charge in [-0.3, -0.25) is 4.79 Å². The maximum Gasteiger partial charge on any atom is 0.349 e. The number of benzene rings is 3. The first-order valence-electron chi connectivity index (χ1n) is 8.01. The van der Waals surface area contributed by atoms with E-state index in [9.17, 15) is 14.0 Å². The molecule has 0 bridgehead atoms. The smallest absolute Gasteiger partial charge is 0.349 e. The Morgan fingerprint density at radius 1 is 0.852 bits per heavy atom. The molecular weight excluding hydrogens is 371 g/mol. The molecule has 0 aromatic heterocycles. The van der Waals surface area contributed by atoms with E-state index < -0.39 is 11.8 Å². The van der Waals surface area contributed by atoms with Gasteiger partial charge in [0.05, 0.1) is 5.02 Å². The van der Waals surface area contributed by atoms with Gasteiger partial charge in [-0.25, -0.2) is 9.18 Å². The Bertz CT molecular complexity index is 953. The quantitative estimate of drug-likeness (QED) is 0.351. The molecule has 0 amide bonds. The van der Waals surface area contributed by atoms with Gasteiger partial charge in [-0.15, -0.1) is 0 Å². The molecular formula is C21H14ClFO4. The molecule has 0 heterocycles. The van der Waals surface area contributed by atoms with Crippen LogP contribution in [0.5, 0.6) is 11.5 Å². The van der Waals surface area contributed by atoms with Crippen molar-refractivity contribution in [3.63, 3.8) is 0 Å². The molecule has 0 saturated heterocycles. The molecule has 0 aliphatic rings. The minimum absolute atomic E-state index is 0.255. The number of esters is 1. The number of ketones is 1. The third-order valence-corrected chi connectivity index (χ3v) is 3.95. The Morgan fingerprint density at radius 3 is 2.07 bits per heavy atom. The Kier molecular flexibility index (Phi) is 5.84. The lowest BCUT2D eigenvalue weighted by Gasteiger charge is -2.08. The largest absolute Gasteiger partial charge is 0.480 e. The lowest BCUT2D eigenvalue weighted by molar-refractivity contribution is -0.136. The number of para-hydroxylation sites is 1. The molecule has 0 unspecified atom stereocenters. The van der Waals surface area contributed by atoms with Gasteiger partial charge in [-0.05, 0) is 60.7 Å². The minimum Gasteiger partial charge on any atom is -0.480 e. The van der Waals surface area contributed by atoms with Crippen molar-refractivity contribution in [2.24, 2.45) is 0 Å². The topological polar surface area (TPSA) is 52.6 Å². The third-order valence-electron chi connectivity index (χ3n) is 3.64. The van der Waals surface area contributed by atoms with Crippen LogP contribution in [0.1, 0.15) is 15.9 Å². The summed E-state index contributed by atoms with van der Waals surface area (Å²) in [6.07, 6.45) is 0. The predicted octanol–water partition coefficient (Wildman–Crippen LogP) is 4.69. The van der Waals surface area contributed by atoms with Gasteiger partial charge in [0.2, 0.25) is 0 Å². The molecule has 3 rings (SSSR count). The molecule has 3 aromatic rings. The van der Waals surface area contributed by atoms with E-state index in [1.165, 1.54) is 48.5 Å². The summed E-state index contributed by atoms with van der Waals surface area (Å²) in [6.45, 7) is -0.306. The van der Waals surface area contributed by atoms with E-state index in [1.54, 1.807) is 24.3 Å². The van der Waals surface area contributed by atoms with Crippen LogP contribution in [0, 0.1) is 5.82 Å². The second kappa shape index (κ2) is 8.47. The highest BCUT2D eigenvalue weighted by Crippen LogP contribution is 2.23. The molecule has 0 saturated carbocycles. The molecule has 6 heteroatoms. The zero-order chi connectivity index (χ0) is 19.2. The summed E-state index contributed by atoms with van der Waals surface area (Å²) in [4.78, 5) is 24.2. The number of carbonyl (C=O) groups is 2. The SMILES string of the molecule is O=C(COc1ccccc1Cl)Oc1ccc(C(=O)c2ccc(F)cc2)cc1. The zero-order valence-corrected chi connectivity index (χ0v) is 14.8. The fourth-order valence-corrected chi connectivity index (χ4v) is 2.49. The summed E-state index contributed by atoms with van der Waals surface area (Å²) in [6, 6.07) is 18.1. The number of halogens is 2. The van der Waals surface area contributed by atoms with E-state index in [0.29, 0.717) is 21.9 Å². The van der Waals surface area contributed by atoms with E-state index in [-0.39, 0.29) is 18.1 Å². The van der Waals surface area contributed by atoms with Gasteiger partial charge in [0.15, 0.2) is 12.4 Å². The van der Waals surface area contributed by atoms with Gasteiger partial charge < -0.3 is 9.47 Å². The maximum absolute atomic E-state index is 12.9. The number of carbonyl (C=O) groups excluding carboxylic acids is 2. The van der Waals surface area contributed by atoms with Crippen LogP contribution in [0.3, 0.4) is 0 Å². The van der Waals surface area contributed by atoms with Crippen molar-refractivity contribution < 1.29 is 23.5 Å². The van der Waals surface area contributed by atoms with E-state index in [2.05, 4.69) is 0 Å². The van der Waals surface area contributed by atoms with Gasteiger partial charge in [0.1, 0.15) is 17.3 Å². The monoisotopic (exact) mass is 384 g/mol. The van der Waals surface area contributed by atoms with Crippen molar-refractivity contribution >= 4 is 23.4 Å². The Labute approximate surface area is 160 Å². The van der Waals surface area contributed by atoms with E-state index in [4.69, 9.17) is 21.1 Å². The van der Waals surface area contributed by atoms with Crippen LogP contribution in [0.2, 0.25) is 5.02 Å². The van der Waals surface area contributed by atoms with E-state index >= 15 is 0 Å². The number of rotatable bonds is 6. The second-order valence-corrected chi connectivity index (χ2v) is 5.96. The van der Waals surface area contributed by atoms with Gasteiger partial charge in [0.25, 0.3) is 0 Å². The molecule has 3 aromatic carbocycles. The van der Waals surface area contributed by atoms with E-state index in [1.807, 2.05) is 0 Å². The Hall–Kier alpha value is -3.18. The van der Waals surface area contributed by atoms with Crippen molar-refractivity contribution in [3.05, 3.63) is 94.8 Å². The predicted molar refractivity (Wildman–Crippen MR) is 98.9 cm³/mol. The molecule has 0 aliphatic carbocycles. The lowest BCUT2D eigenvalue weighted by atomic mass is 10.0. The fourth-order valence-electron chi connectivity index (χ4n) is 2.30. The zero-order valence-electron chi connectivity index (χ0n) is 14.0. The third kappa shape index (κ3) is 4.92. The number of hydrogen-bond acceptors (Lipinski definition) is 4. The molecule has 0 N–H and O–H groups in total. The number of ether oxygens (including phenoxy) is 2. The first-order chi connectivity index (χ1) is 13.0. The summed E-state index contributed by atoms with van der Waals surface area (Å²) >= 11 is 5.94. The van der Waals surface area contributed by atoms with Crippen molar-refractivity contribution in [3.8, 4) is 11.5 Å². The molecule has 0 radical (unpaired) electrons. The van der Waals surface area contributed by atoms with Crippen LogP contribution < -0.4 is 9.47 Å². The Balaban J connectivity index is 1.58. The molecule has 27 heavy (non-hydrogen) atoms. The average Bonchev–Trinajstić information content (AvgIpc) is 2.68. The molecule has 0 spiro atoms. The normalized spacial score (nSPS) is 10.3.